The van der Waals surface area contributed by atoms with Crippen molar-refractivity contribution in [2.24, 2.45) is 0 Å². The molecule has 7 nitrogen and oxygen atoms in total. The molecule has 0 amide bonds. The number of rotatable bonds is 9. The molecule has 7 heteroatoms. The Bertz CT molecular complexity index is 1490. The maximum absolute atomic E-state index is 12.7. The Kier molecular flexibility index (Phi) is 7.84. The number of aromatic carboxylic acids is 1. The number of ether oxygens (including phenoxy) is 1. The minimum absolute atomic E-state index is 0.0186. The highest BCUT2D eigenvalue weighted by molar-refractivity contribution is 6.01. The zero-order valence-electron chi connectivity index (χ0n) is 23.4. The number of nitrogens with zero attached hydrogens (tertiary/aromatic N) is 2. The molecule has 0 radical (unpaired) electrons. The summed E-state index contributed by atoms with van der Waals surface area (Å²) in [6, 6.07) is 21.7. The van der Waals surface area contributed by atoms with E-state index in [-0.39, 0.29) is 30.3 Å². The van der Waals surface area contributed by atoms with Crippen LogP contribution in [0.3, 0.4) is 0 Å². The summed E-state index contributed by atoms with van der Waals surface area (Å²) < 4.78 is 7.50. The third-order valence-electron chi connectivity index (χ3n) is 6.66. The van der Waals surface area contributed by atoms with Crippen LogP contribution in [0.1, 0.15) is 56.2 Å². The maximum atomic E-state index is 12.7. The monoisotopic (exact) mass is 528 g/mol. The van der Waals surface area contributed by atoms with Crippen molar-refractivity contribution in [1.29, 1.82) is 0 Å². The average Bonchev–Trinajstić information content (AvgIpc) is 3.16. The fourth-order valence-corrected chi connectivity index (χ4v) is 4.85. The Balaban J connectivity index is 1.91. The van der Waals surface area contributed by atoms with Crippen LogP contribution in [0.25, 0.3) is 27.7 Å². The van der Waals surface area contributed by atoms with Crippen LogP contribution in [0, 0.1) is 0 Å². The van der Waals surface area contributed by atoms with Gasteiger partial charge in [0.2, 0.25) is 0 Å². The van der Waals surface area contributed by atoms with E-state index >= 15 is 0 Å². The number of fused-ring (bicyclic) bond motifs is 1. The summed E-state index contributed by atoms with van der Waals surface area (Å²) >= 11 is 0. The molecule has 4 rings (SSSR count). The van der Waals surface area contributed by atoms with E-state index < -0.39 is 11.9 Å². The van der Waals surface area contributed by atoms with Crippen LogP contribution in [-0.2, 0) is 16.8 Å². The number of hydrogen-bond donors (Lipinski definition) is 2. The van der Waals surface area contributed by atoms with Crippen LogP contribution in [-0.4, -0.2) is 51.3 Å². The molecule has 1 heterocycles. The van der Waals surface area contributed by atoms with Crippen molar-refractivity contribution >= 4 is 22.8 Å². The van der Waals surface area contributed by atoms with Gasteiger partial charge >= 0.3 is 11.9 Å². The third-order valence-corrected chi connectivity index (χ3v) is 6.66. The average molecular weight is 529 g/mol. The van der Waals surface area contributed by atoms with Crippen LogP contribution in [0.15, 0.2) is 66.7 Å². The first-order valence-corrected chi connectivity index (χ1v) is 13.0. The number of carboxylic acids is 2. The van der Waals surface area contributed by atoms with Gasteiger partial charge in [-0.3, -0.25) is 9.69 Å². The highest BCUT2D eigenvalue weighted by atomic mass is 16.5. The van der Waals surface area contributed by atoms with E-state index in [4.69, 9.17) is 4.74 Å². The Morgan fingerprint density at radius 2 is 1.54 bits per heavy atom. The SMILES string of the molecule is CC(C)Oc1ccc(-n2c(C(=O)O)c(CN(C)CC(=O)O)c3cc(-c4ccc(C(C)(C)C)cc4)ccc32)cc1. The summed E-state index contributed by atoms with van der Waals surface area (Å²) in [5.41, 5.74) is 5.34. The van der Waals surface area contributed by atoms with Crippen LogP contribution >= 0.6 is 0 Å². The molecule has 0 aliphatic heterocycles. The van der Waals surface area contributed by atoms with Gasteiger partial charge in [-0.25, -0.2) is 4.79 Å². The number of aromatic nitrogens is 1. The number of carbonyl (C=O) groups is 2. The zero-order valence-corrected chi connectivity index (χ0v) is 23.4. The van der Waals surface area contributed by atoms with E-state index in [2.05, 4.69) is 45.0 Å². The van der Waals surface area contributed by atoms with Gasteiger partial charge in [0.15, 0.2) is 0 Å². The minimum atomic E-state index is -1.08. The van der Waals surface area contributed by atoms with Crippen LogP contribution in [0.5, 0.6) is 5.75 Å². The Morgan fingerprint density at radius 1 is 0.923 bits per heavy atom. The van der Waals surface area contributed by atoms with E-state index in [1.807, 2.05) is 56.3 Å². The summed E-state index contributed by atoms with van der Waals surface area (Å²) in [4.78, 5) is 25.7. The van der Waals surface area contributed by atoms with Crippen molar-refractivity contribution in [3.63, 3.8) is 0 Å². The molecule has 0 unspecified atom stereocenters. The molecule has 0 saturated carbocycles. The Labute approximate surface area is 229 Å². The smallest absolute Gasteiger partial charge is 0.353 e. The molecule has 3 aromatic carbocycles. The number of hydrogen-bond acceptors (Lipinski definition) is 4. The van der Waals surface area contributed by atoms with Crippen molar-refractivity contribution in [3.05, 3.63) is 83.6 Å². The zero-order chi connectivity index (χ0) is 28.5. The molecule has 4 aromatic rings. The molecule has 204 valence electrons. The van der Waals surface area contributed by atoms with Gasteiger partial charge in [0.1, 0.15) is 11.4 Å². The predicted octanol–water partition coefficient (Wildman–Crippen LogP) is 6.60. The van der Waals surface area contributed by atoms with Gasteiger partial charge < -0.3 is 19.5 Å². The molecular formula is C32H36N2O5. The number of likely N-dealkylation sites (N-methyl/N-ethyl adjacent to an activating group) is 1. The van der Waals surface area contributed by atoms with Crippen LogP contribution in [0.4, 0.5) is 0 Å². The third kappa shape index (κ3) is 6.15. The Hall–Kier alpha value is -4.10. The molecule has 0 fully saturated rings. The lowest BCUT2D eigenvalue weighted by molar-refractivity contribution is -0.138. The maximum Gasteiger partial charge on any atom is 0.353 e. The lowest BCUT2D eigenvalue weighted by Crippen LogP contribution is -2.26. The minimum Gasteiger partial charge on any atom is -0.491 e. The van der Waals surface area contributed by atoms with Crippen LogP contribution in [0.2, 0.25) is 0 Å². The first-order valence-electron chi connectivity index (χ1n) is 13.0. The quantitative estimate of drug-likeness (QED) is 0.254. The lowest BCUT2D eigenvalue weighted by atomic mass is 9.86. The summed E-state index contributed by atoms with van der Waals surface area (Å²) in [6.45, 7) is 10.4. The van der Waals surface area contributed by atoms with Gasteiger partial charge in [-0.05, 0) is 79.4 Å². The lowest BCUT2D eigenvalue weighted by Gasteiger charge is -2.19. The fourth-order valence-electron chi connectivity index (χ4n) is 4.85. The van der Waals surface area contributed by atoms with Crippen molar-refractivity contribution < 1.29 is 24.5 Å². The second kappa shape index (κ2) is 10.9. The van der Waals surface area contributed by atoms with Gasteiger partial charge in [-0.1, -0.05) is 51.1 Å². The molecule has 0 atom stereocenters. The topological polar surface area (TPSA) is 92.0 Å². The number of benzene rings is 3. The van der Waals surface area contributed by atoms with Crippen LogP contribution < -0.4 is 4.74 Å². The summed E-state index contributed by atoms with van der Waals surface area (Å²) in [6.07, 6.45) is 0.0186. The normalized spacial score (nSPS) is 11.9. The molecule has 0 saturated heterocycles. The highest BCUT2D eigenvalue weighted by Gasteiger charge is 2.25. The highest BCUT2D eigenvalue weighted by Crippen LogP contribution is 2.35. The van der Waals surface area contributed by atoms with Crippen molar-refractivity contribution in [3.8, 4) is 22.6 Å². The second-order valence-corrected chi connectivity index (χ2v) is 11.3. The van der Waals surface area contributed by atoms with Gasteiger partial charge in [-0.2, -0.15) is 0 Å². The van der Waals surface area contributed by atoms with Crippen molar-refractivity contribution in [2.45, 2.75) is 52.7 Å². The van der Waals surface area contributed by atoms with Gasteiger partial charge in [0.05, 0.1) is 18.2 Å². The summed E-state index contributed by atoms with van der Waals surface area (Å²) in [7, 11) is 1.68. The largest absolute Gasteiger partial charge is 0.491 e. The van der Waals surface area contributed by atoms with E-state index in [9.17, 15) is 19.8 Å². The standard InChI is InChI=1S/C32H36N2O5/c1-20(2)39-25-14-12-24(13-15-25)34-28-16-9-22(21-7-10-23(11-8-21)32(3,4)5)17-26(28)27(30(34)31(37)38)18-33(6)19-29(35)36/h7-17,20H,18-19H2,1-6H3,(H,35,36)(H,37,38). The van der Waals surface area contributed by atoms with E-state index in [1.165, 1.54) is 5.56 Å². The van der Waals surface area contributed by atoms with E-state index in [0.717, 1.165) is 22.0 Å². The van der Waals surface area contributed by atoms with E-state index in [0.29, 0.717) is 17.0 Å². The van der Waals surface area contributed by atoms with Gasteiger partial charge in [0, 0.05) is 23.2 Å². The molecule has 0 bridgehead atoms. The summed E-state index contributed by atoms with van der Waals surface area (Å²) in [5, 5.41) is 20.5. The predicted molar refractivity (Wildman–Crippen MR) is 154 cm³/mol. The first-order chi connectivity index (χ1) is 18.3. The molecule has 0 aliphatic carbocycles. The van der Waals surface area contributed by atoms with E-state index in [1.54, 1.807) is 16.5 Å². The first kappa shape index (κ1) is 27.9. The molecule has 1 aromatic heterocycles. The molecule has 2 N–H and O–H groups in total. The fraction of sp³-hybridized carbons (Fsp3) is 0.312. The van der Waals surface area contributed by atoms with Crippen molar-refractivity contribution in [2.75, 3.05) is 13.6 Å². The van der Waals surface area contributed by atoms with Gasteiger partial charge in [0.25, 0.3) is 0 Å². The van der Waals surface area contributed by atoms with Gasteiger partial charge in [-0.15, -0.1) is 0 Å². The summed E-state index contributed by atoms with van der Waals surface area (Å²) in [5.74, 6) is -1.36. The molecular weight excluding hydrogens is 492 g/mol. The molecule has 0 spiro atoms. The van der Waals surface area contributed by atoms with Crippen molar-refractivity contribution in [1.82, 2.24) is 9.47 Å². The Morgan fingerprint density at radius 3 is 2.08 bits per heavy atom. The number of aliphatic carboxylic acids is 1. The number of carboxylic acid groups (broad SMARTS) is 2. The second-order valence-electron chi connectivity index (χ2n) is 11.3. The molecule has 0 aliphatic rings. The molecule has 39 heavy (non-hydrogen) atoms.